The first kappa shape index (κ1) is 12.2. The van der Waals surface area contributed by atoms with Crippen molar-refractivity contribution in [2.45, 2.75) is 34.2 Å². The summed E-state index contributed by atoms with van der Waals surface area (Å²) in [4.78, 5) is 2.13. The third-order valence-electron chi connectivity index (χ3n) is 2.11. The van der Waals surface area contributed by atoms with E-state index in [0.29, 0.717) is 4.77 Å². The molecule has 0 fully saturated rings. The molecule has 1 aromatic rings. The Morgan fingerprint density at radius 1 is 1.47 bits per heavy atom. The van der Waals surface area contributed by atoms with E-state index in [-0.39, 0.29) is 5.41 Å². The Bertz CT molecular complexity index is 372. The number of hydrogen-bond donors (Lipinski definition) is 1. The van der Waals surface area contributed by atoms with Crippen LogP contribution in [0.1, 0.15) is 27.7 Å². The zero-order valence-corrected chi connectivity index (χ0v) is 11.0. The fourth-order valence-corrected chi connectivity index (χ4v) is 1.92. The summed E-state index contributed by atoms with van der Waals surface area (Å²) < 4.78 is 2.69. The Hall–Kier alpha value is -0.840. The molecule has 0 aromatic carbocycles. The molecular formula is C10H20N4S. The average Bonchev–Trinajstić information content (AvgIpc) is 2.43. The van der Waals surface area contributed by atoms with E-state index in [1.54, 1.807) is 0 Å². The summed E-state index contributed by atoms with van der Waals surface area (Å²) >= 11 is 5.15. The molecule has 4 nitrogen and oxygen atoms in total. The number of aromatic nitrogens is 3. The van der Waals surface area contributed by atoms with Crippen molar-refractivity contribution in [3.8, 4) is 0 Å². The van der Waals surface area contributed by atoms with Gasteiger partial charge >= 0.3 is 0 Å². The molecule has 0 atom stereocenters. The molecule has 0 spiro atoms. The van der Waals surface area contributed by atoms with Crippen molar-refractivity contribution in [3.05, 3.63) is 4.77 Å². The standard InChI is InChI=1S/C10H20N4S/c1-6-14-8(11-12-9(14)15)13(5)7-10(2,3)4/h6-7H2,1-5H3,(H,12,15). The summed E-state index contributed by atoms with van der Waals surface area (Å²) in [5.74, 6) is 0.914. The molecule has 0 amide bonds. The third-order valence-corrected chi connectivity index (χ3v) is 2.42. The van der Waals surface area contributed by atoms with Gasteiger partial charge in [-0.15, -0.1) is 5.10 Å². The van der Waals surface area contributed by atoms with Crippen molar-refractivity contribution < 1.29 is 0 Å². The molecule has 1 N–H and O–H groups in total. The van der Waals surface area contributed by atoms with Gasteiger partial charge in [0.15, 0.2) is 4.77 Å². The van der Waals surface area contributed by atoms with Crippen molar-refractivity contribution >= 4 is 18.2 Å². The first-order valence-electron chi connectivity index (χ1n) is 5.21. The number of rotatable bonds is 3. The zero-order chi connectivity index (χ0) is 11.6. The summed E-state index contributed by atoms with van der Waals surface area (Å²) in [6.45, 7) is 10.5. The van der Waals surface area contributed by atoms with Gasteiger partial charge in [0.25, 0.3) is 0 Å². The zero-order valence-electron chi connectivity index (χ0n) is 10.2. The van der Waals surface area contributed by atoms with Gasteiger partial charge in [-0.05, 0) is 24.6 Å². The number of anilines is 1. The Labute approximate surface area is 96.3 Å². The summed E-state index contributed by atoms with van der Waals surface area (Å²) in [5, 5.41) is 7.07. The number of aromatic amines is 1. The van der Waals surface area contributed by atoms with Crippen LogP contribution in [-0.2, 0) is 6.54 Å². The van der Waals surface area contributed by atoms with Crippen LogP contribution in [0.4, 0.5) is 5.95 Å². The van der Waals surface area contributed by atoms with Crippen LogP contribution < -0.4 is 4.90 Å². The van der Waals surface area contributed by atoms with Crippen LogP contribution >= 0.6 is 12.2 Å². The predicted molar refractivity (Wildman–Crippen MR) is 65.8 cm³/mol. The van der Waals surface area contributed by atoms with Crippen LogP contribution in [0, 0.1) is 10.2 Å². The normalized spacial score (nSPS) is 11.8. The van der Waals surface area contributed by atoms with Gasteiger partial charge in [-0.2, -0.15) is 0 Å². The maximum absolute atomic E-state index is 5.15. The minimum atomic E-state index is 0.251. The second-order valence-corrected chi connectivity index (χ2v) is 5.38. The molecule has 1 aromatic heterocycles. The Morgan fingerprint density at radius 3 is 2.53 bits per heavy atom. The second-order valence-electron chi connectivity index (χ2n) is 4.99. The maximum atomic E-state index is 5.15. The molecule has 0 saturated carbocycles. The lowest BCUT2D eigenvalue weighted by Gasteiger charge is -2.27. The van der Waals surface area contributed by atoms with Crippen LogP contribution in [0.3, 0.4) is 0 Å². The smallest absolute Gasteiger partial charge is 0.225 e. The van der Waals surface area contributed by atoms with E-state index in [0.717, 1.165) is 19.0 Å². The second kappa shape index (κ2) is 4.35. The molecule has 0 aliphatic carbocycles. The fourth-order valence-electron chi connectivity index (χ4n) is 1.67. The third kappa shape index (κ3) is 3.06. The van der Waals surface area contributed by atoms with Gasteiger partial charge in [-0.25, -0.2) is 5.10 Å². The molecule has 0 aliphatic rings. The van der Waals surface area contributed by atoms with E-state index < -0.39 is 0 Å². The van der Waals surface area contributed by atoms with Crippen molar-refractivity contribution in [2.24, 2.45) is 5.41 Å². The summed E-state index contributed by atoms with van der Waals surface area (Å²) in [6, 6.07) is 0. The molecule has 0 bridgehead atoms. The first-order valence-corrected chi connectivity index (χ1v) is 5.62. The van der Waals surface area contributed by atoms with Gasteiger partial charge in [0, 0.05) is 20.1 Å². The summed E-state index contributed by atoms with van der Waals surface area (Å²) in [5.41, 5.74) is 0.251. The highest BCUT2D eigenvalue weighted by molar-refractivity contribution is 7.71. The van der Waals surface area contributed by atoms with Crippen LogP contribution in [0.2, 0.25) is 0 Å². The predicted octanol–water partition coefficient (Wildman–Crippen LogP) is 2.44. The molecule has 1 heterocycles. The van der Waals surface area contributed by atoms with Crippen molar-refractivity contribution in [1.82, 2.24) is 14.8 Å². The molecule has 0 radical (unpaired) electrons. The molecule has 0 unspecified atom stereocenters. The lowest BCUT2D eigenvalue weighted by Crippen LogP contribution is -2.31. The lowest BCUT2D eigenvalue weighted by atomic mass is 9.96. The van der Waals surface area contributed by atoms with E-state index in [9.17, 15) is 0 Å². The van der Waals surface area contributed by atoms with Gasteiger partial charge < -0.3 is 4.90 Å². The monoisotopic (exact) mass is 228 g/mol. The Kier molecular flexibility index (Phi) is 3.54. The highest BCUT2D eigenvalue weighted by atomic mass is 32.1. The highest BCUT2D eigenvalue weighted by Gasteiger charge is 2.17. The topological polar surface area (TPSA) is 36.9 Å². The van der Waals surface area contributed by atoms with Crippen LogP contribution in [0.5, 0.6) is 0 Å². The van der Waals surface area contributed by atoms with Gasteiger partial charge in [-0.3, -0.25) is 4.57 Å². The number of nitrogens with zero attached hydrogens (tertiary/aromatic N) is 3. The minimum Gasteiger partial charge on any atom is -0.343 e. The number of nitrogens with one attached hydrogen (secondary N) is 1. The lowest BCUT2D eigenvalue weighted by molar-refractivity contribution is 0.414. The quantitative estimate of drug-likeness (QED) is 0.807. The molecule has 0 saturated heterocycles. The molecular weight excluding hydrogens is 208 g/mol. The maximum Gasteiger partial charge on any atom is 0.225 e. The van der Waals surface area contributed by atoms with E-state index in [2.05, 4.69) is 42.8 Å². The SMILES string of the molecule is CCn1c(N(C)CC(C)(C)C)n[nH]c1=S. The van der Waals surface area contributed by atoms with Crippen molar-refractivity contribution in [1.29, 1.82) is 0 Å². The molecule has 86 valence electrons. The van der Waals surface area contributed by atoms with Gasteiger partial charge in [-0.1, -0.05) is 20.8 Å². The number of H-pyrrole nitrogens is 1. The minimum absolute atomic E-state index is 0.251. The number of hydrogen-bond acceptors (Lipinski definition) is 3. The largest absolute Gasteiger partial charge is 0.343 e. The van der Waals surface area contributed by atoms with Crippen molar-refractivity contribution in [3.63, 3.8) is 0 Å². The molecule has 0 aliphatic heterocycles. The van der Waals surface area contributed by atoms with Gasteiger partial charge in [0.1, 0.15) is 0 Å². The van der Waals surface area contributed by atoms with Gasteiger partial charge in [0.2, 0.25) is 5.95 Å². The average molecular weight is 228 g/mol. The fraction of sp³-hybridized carbons (Fsp3) is 0.800. The molecule has 5 heteroatoms. The van der Waals surface area contributed by atoms with Gasteiger partial charge in [0.05, 0.1) is 0 Å². The van der Waals surface area contributed by atoms with E-state index >= 15 is 0 Å². The van der Waals surface area contributed by atoms with E-state index in [1.807, 2.05) is 11.6 Å². The molecule has 1 rings (SSSR count). The summed E-state index contributed by atoms with van der Waals surface area (Å²) in [6.07, 6.45) is 0. The Balaban J connectivity index is 2.91. The van der Waals surface area contributed by atoms with Crippen LogP contribution in [0.25, 0.3) is 0 Å². The summed E-state index contributed by atoms with van der Waals surface area (Å²) in [7, 11) is 2.04. The Morgan fingerprint density at radius 2 is 2.07 bits per heavy atom. The molecule has 15 heavy (non-hydrogen) atoms. The highest BCUT2D eigenvalue weighted by Crippen LogP contribution is 2.18. The first-order chi connectivity index (χ1) is 6.85. The van der Waals surface area contributed by atoms with Crippen molar-refractivity contribution in [2.75, 3.05) is 18.5 Å². The van der Waals surface area contributed by atoms with Crippen LogP contribution in [-0.4, -0.2) is 28.4 Å². The van der Waals surface area contributed by atoms with E-state index in [4.69, 9.17) is 12.2 Å². The van der Waals surface area contributed by atoms with Crippen LogP contribution in [0.15, 0.2) is 0 Å². The van der Waals surface area contributed by atoms with E-state index in [1.165, 1.54) is 0 Å².